The number of ether oxygens (including phenoxy) is 2. The highest BCUT2D eigenvalue weighted by Gasteiger charge is 2.95. The SMILES string of the molecule is CC(C)(C)OC(=O)Cc1ccc(C2(c3ccc(CC(=O)OC(C)(C)C)cc3)C34c5c6c7c8c9c%10c(c%11c%12c3c3c5c5c%13c6c6c7c7c9c9c%14c%10c%10c%11c%11c%12c%12c3c3c5c5c%13c%13c6c6c7c9c7c9c%14c%10c%10c%11c%11c%12c3c3c5c5c%13c6c7c6c9c%10c%11c3c56)C824)cc1. The Labute approximate surface area is 493 Å². The van der Waals surface area contributed by atoms with Gasteiger partial charge in [-0.15, -0.1) is 0 Å². The first-order valence-electron chi connectivity index (χ1n) is 32.8. The molecule has 5 aliphatic rings. The smallest absolute Gasteiger partial charge is 0.310 e. The van der Waals surface area contributed by atoms with E-state index in [4.69, 9.17) is 9.47 Å². The van der Waals surface area contributed by atoms with Gasteiger partial charge < -0.3 is 9.47 Å². The Morgan fingerprint density at radius 1 is 0.236 bits per heavy atom. The number of carbonyl (C=O) groups is 2. The molecule has 1 saturated carbocycles. The zero-order valence-corrected chi connectivity index (χ0v) is 48.2. The molecule has 4 heteroatoms. The van der Waals surface area contributed by atoms with Gasteiger partial charge in [-0.3, -0.25) is 9.59 Å². The molecule has 0 aromatic heterocycles. The van der Waals surface area contributed by atoms with Gasteiger partial charge in [0.2, 0.25) is 0 Å². The van der Waals surface area contributed by atoms with Crippen LogP contribution in [0.5, 0.6) is 0 Å². The minimum atomic E-state index is -0.668. The summed E-state index contributed by atoms with van der Waals surface area (Å²) in [5, 5.41) is 85.9. The standard InChI is InChI=1S/C85H30O4/c1-81(2,3)88-21(86)15-17-7-11-19(12-8-17)83(20-13-9-18(10-14-20)16-22(87)89-82(4,5)6)84-77-69-61-51-41-33-25-23-24-27-31-29(25)37-45-39(31)49-43-35(27)36-28(24)32-30-26(23)34(33)42-48-38(30)46-40(32)50-44(36)54-53(43)63-57(49)67-59(45)65(55(61)47(37)41)73(77)75(67)79-71(63)72-64(54)58(50)68-60(46)66-56(48)62(52(42)51)70(69)78(84)74(66)76(68)80(72)85(79,83)84/h7-14H,15-16H2,1-6H3. The lowest BCUT2D eigenvalue weighted by Crippen LogP contribution is -2.27. The van der Waals surface area contributed by atoms with E-state index in [-0.39, 0.29) is 24.8 Å². The number of esters is 2. The number of hydrogen-bond donors (Lipinski definition) is 0. The predicted molar refractivity (Wildman–Crippen MR) is 367 cm³/mol. The molecule has 1 fully saturated rings. The van der Waals surface area contributed by atoms with Crippen molar-refractivity contribution in [2.45, 2.75) is 81.8 Å². The molecule has 35 rings (SSSR count). The summed E-state index contributed by atoms with van der Waals surface area (Å²) in [7, 11) is 0. The van der Waals surface area contributed by atoms with Crippen LogP contribution in [-0.2, 0) is 48.1 Å². The first kappa shape index (κ1) is 38.2. The number of benzene rings is 20. The van der Waals surface area contributed by atoms with E-state index in [1.54, 1.807) is 313 Å². The van der Waals surface area contributed by atoms with Gasteiger partial charge in [0.05, 0.1) is 29.1 Å². The number of rotatable bonds is 6. The Kier molecular flexibility index (Phi) is 3.94. The molecular formula is C85H30O4. The predicted octanol–water partition coefficient (Wildman–Crippen LogP) is 21.1. The zero-order chi connectivity index (χ0) is 55.9. The third kappa shape index (κ3) is 2.43. The second-order valence-electron chi connectivity index (χ2n) is 32.9. The molecule has 2 spiro atoms. The Hall–Kier alpha value is -10.2. The van der Waals surface area contributed by atoms with E-state index in [0.717, 1.165) is 11.1 Å². The molecule has 0 saturated heterocycles. The lowest BCUT2D eigenvalue weighted by atomic mass is 9.68. The van der Waals surface area contributed by atoms with Crippen LogP contribution >= 0.6 is 0 Å². The molecule has 30 aromatic carbocycles. The monoisotopic (exact) mass is 1110 g/mol. The fourth-order valence-electron chi connectivity index (χ4n) is 28.4. The van der Waals surface area contributed by atoms with Gasteiger partial charge in [-0.05, 0) is 377 Å². The Bertz CT molecular complexity index is 7720. The van der Waals surface area contributed by atoms with Gasteiger partial charge in [-0.25, -0.2) is 0 Å². The molecule has 5 aliphatic carbocycles. The van der Waals surface area contributed by atoms with Crippen molar-refractivity contribution in [3.05, 3.63) is 93.0 Å². The van der Waals surface area contributed by atoms with Crippen molar-refractivity contribution >= 4 is 303 Å². The maximum Gasteiger partial charge on any atom is 0.310 e. The van der Waals surface area contributed by atoms with Gasteiger partial charge in [0.25, 0.3) is 0 Å². The van der Waals surface area contributed by atoms with Crippen molar-refractivity contribution in [2.75, 3.05) is 0 Å². The summed E-state index contributed by atoms with van der Waals surface area (Å²) in [6.07, 6.45) is 0.420. The maximum absolute atomic E-state index is 13.9. The minimum absolute atomic E-state index is 0.199. The van der Waals surface area contributed by atoms with Crippen LogP contribution in [0.25, 0.3) is 291 Å². The summed E-state index contributed by atoms with van der Waals surface area (Å²) < 4.78 is 12.1. The van der Waals surface area contributed by atoms with E-state index < -0.39 is 27.4 Å². The molecule has 0 amide bonds. The molecular weight excluding hydrogens is 1080 g/mol. The molecule has 0 atom stereocenters. The van der Waals surface area contributed by atoms with E-state index >= 15 is 0 Å². The van der Waals surface area contributed by atoms with Gasteiger partial charge in [-0.2, -0.15) is 0 Å². The molecule has 0 N–H and O–H groups in total. The molecule has 0 aliphatic heterocycles. The first-order chi connectivity index (χ1) is 43.4. The van der Waals surface area contributed by atoms with E-state index in [0.29, 0.717) is 0 Å². The summed E-state index contributed by atoms with van der Waals surface area (Å²) in [5.41, 5.74) is 8.13. The van der Waals surface area contributed by atoms with E-state index in [1.807, 2.05) is 41.5 Å². The zero-order valence-electron chi connectivity index (χ0n) is 48.2. The fourth-order valence-corrected chi connectivity index (χ4v) is 28.4. The summed E-state index contributed by atoms with van der Waals surface area (Å²) in [6, 6.07) is 19.1. The highest BCUT2D eigenvalue weighted by molar-refractivity contribution is 6.82. The van der Waals surface area contributed by atoms with Crippen molar-refractivity contribution in [2.24, 2.45) is 0 Å². The lowest BCUT2D eigenvalue weighted by Gasteiger charge is -2.32. The molecule has 0 radical (unpaired) electrons. The van der Waals surface area contributed by atoms with E-state index in [2.05, 4.69) is 48.5 Å². The van der Waals surface area contributed by atoms with E-state index in [9.17, 15) is 9.59 Å². The molecule has 4 nitrogen and oxygen atoms in total. The van der Waals surface area contributed by atoms with Crippen LogP contribution in [-0.4, -0.2) is 23.1 Å². The molecule has 0 unspecified atom stereocenters. The third-order valence-electron chi connectivity index (χ3n) is 28.7. The number of carbonyl (C=O) groups excluding carboxylic acids is 2. The molecule has 0 heterocycles. The molecule has 394 valence electrons. The normalized spacial score (nSPS) is 18.7. The topological polar surface area (TPSA) is 52.6 Å². The molecule has 89 heavy (non-hydrogen) atoms. The van der Waals surface area contributed by atoms with Crippen LogP contribution in [0, 0.1) is 0 Å². The largest absolute Gasteiger partial charge is 0.460 e. The first-order valence-corrected chi connectivity index (χ1v) is 32.8. The minimum Gasteiger partial charge on any atom is -0.460 e. The van der Waals surface area contributed by atoms with Crippen LogP contribution in [0.4, 0.5) is 0 Å². The second kappa shape index (κ2) is 9.17. The van der Waals surface area contributed by atoms with E-state index in [1.165, 1.54) is 11.1 Å². The van der Waals surface area contributed by atoms with Crippen LogP contribution < -0.4 is 0 Å². The Morgan fingerprint density at radius 2 is 0.382 bits per heavy atom. The maximum atomic E-state index is 13.9. The van der Waals surface area contributed by atoms with Crippen molar-refractivity contribution in [1.29, 1.82) is 0 Å². The lowest BCUT2D eigenvalue weighted by molar-refractivity contribution is -0.155. The van der Waals surface area contributed by atoms with Crippen molar-refractivity contribution in [1.82, 2.24) is 0 Å². The number of hydrogen-bond acceptors (Lipinski definition) is 4. The Balaban J connectivity index is 0.915. The van der Waals surface area contributed by atoms with Gasteiger partial charge in [-0.1, -0.05) is 48.5 Å². The third-order valence-corrected chi connectivity index (χ3v) is 28.7. The molecule has 30 aromatic rings. The summed E-state index contributed by atoms with van der Waals surface area (Å²) in [4.78, 5) is 27.8. The van der Waals surface area contributed by atoms with Gasteiger partial charge in [0, 0.05) is 0 Å². The van der Waals surface area contributed by atoms with Crippen molar-refractivity contribution in [3.63, 3.8) is 0 Å². The van der Waals surface area contributed by atoms with Gasteiger partial charge >= 0.3 is 11.9 Å². The summed E-state index contributed by atoms with van der Waals surface area (Å²) in [6.45, 7) is 11.8. The Morgan fingerprint density at radius 3 is 0.528 bits per heavy atom. The van der Waals surface area contributed by atoms with Crippen molar-refractivity contribution in [3.8, 4) is 0 Å². The summed E-state index contributed by atoms with van der Waals surface area (Å²) >= 11 is 0. The van der Waals surface area contributed by atoms with Crippen LogP contribution in [0.15, 0.2) is 48.5 Å². The van der Waals surface area contributed by atoms with Crippen LogP contribution in [0.1, 0.15) is 86.1 Å². The summed E-state index contributed by atoms with van der Waals surface area (Å²) in [5.74, 6) is -0.397. The second-order valence-corrected chi connectivity index (χ2v) is 32.9. The quantitative estimate of drug-likeness (QED) is 0.123. The van der Waals surface area contributed by atoms with Gasteiger partial charge in [0.1, 0.15) is 11.2 Å². The highest BCUT2D eigenvalue weighted by atomic mass is 16.6. The van der Waals surface area contributed by atoms with Crippen LogP contribution in [0.3, 0.4) is 0 Å². The molecule has 0 bridgehead atoms. The highest BCUT2D eigenvalue weighted by Crippen LogP contribution is 2.97. The van der Waals surface area contributed by atoms with Gasteiger partial charge in [0.15, 0.2) is 0 Å². The van der Waals surface area contributed by atoms with Crippen molar-refractivity contribution < 1.29 is 19.1 Å². The fraction of sp³-hybridized carbons (Fsp3) is 0.153. The average molecular weight is 1120 g/mol. The van der Waals surface area contributed by atoms with Crippen LogP contribution in [0.2, 0.25) is 0 Å². The average Bonchev–Trinajstić information content (AvgIpc) is 1.36.